The highest BCUT2D eigenvalue weighted by Crippen LogP contribution is 2.57. The van der Waals surface area contributed by atoms with Gasteiger partial charge in [-0.15, -0.1) is 6.42 Å². The fourth-order valence-electron chi connectivity index (χ4n) is 3.31. The Morgan fingerprint density at radius 3 is 2.94 bits per heavy atom. The standard InChI is InChI=1S/C14H16O3/c1-3-13-8-10(9-15)12(16)7-11(13)5-6-14(13,17)4-2/h2,7,9-10,17H,3,5-6,8H2,1H3/t10?,13-,14-/m0/s1. The molecule has 0 radical (unpaired) electrons. The van der Waals surface area contributed by atoms with Gasteiger partial charge in [-0.25, -0.2) is 0 Å². The number of allylic oxidation sites excluding steroid dienone is 1. The summed E-state index contributed by atoms with van der Waals surface area (Å²) >= 11 is 0. The lowest BCUT2D eigenvalue weighted by molar-refractivity contribution is -0.127. The van der Waals surface area contributed by atoms with E-state index in [9.17, 15) is 14.7 Å². The summed E-state index contributed by atoms with van der Waals surface area (Å²) in [4.78, 5) is 22.6. The molecule has 2 aliphatic carbocycles. The molecular weight excluding hydrogens is 216 g/mol. The summed E-state index contributed by atoms with van der Waals surface area (Å²) in [6, 6.07) is 0. The summed E-state index contributed by atoms with van der Waals surface area (Å²) in [5.41, 5.74) is -0.875. The van der Waals surface area contributed by atoms with E-state index in [1.54, 1.807) is 0 Å². The van der Waals surface area contributed by atoms with Crippen LogP contribution < -0.4 is 0 Å². The van der Waals surface area contributed by atoms with Crippen LogP contribution in [-0.2, 0) is 9.59 Å². The number of aldehydes is 1. The lowest BCUT2D eigenvalue weighted by Crippen LogP contribution is -2.47. The second kappa shape index (κ2) is 3.82. The van der Waals surface area contributed by atoms with Crippen LogP contribution in [0, 0.1) is 23.7 Å². The summed E-state index contributed by atoms with van der Waals surface area (Å²) in [5.74, 6) is 1.67. The first kappa shape index (κ1) is 12.1. The molecular formula is C14H16O3. The van der Waals surface area contributed by atoms with Crippen LogP contribution in [0.3, 0.4) is 0 Å². The van der Waals surface area contributed by atoms with Gasteiger partial charge in [-0.2, -0.15) is 0 Å². The maximum Gasteiger partial charge on any atom is 0.165 e. The average molecular weight is 232 g/mol. The van der Waals surface area contributed by atoms with E-state index in [2.05, 4.69) is 5.92 Å². The Morgan fingerprint density at radius 2 is 2.41 bits per heavy atom. The van der Waals surface area contributed by atoms with Crippen LogP contribution >= 0.6 is 0 Å². The second-order valence-corrected chi connectivity index (χ2v) is 4.96. The predicted molar refractivity (Wildman–Crippen MR) is 63.0 cm³/mol. The molecule has 90 valence electrons. The van der Waals surface area contributed by atoms with E-state index in [-0.39, 0.29) is 5.78 Å². The number of rotatable bonds is 2. The third kappa shape index (κ3) is 1.41. The maximum absolute atomic E-state index is 11.7. The quantitative estimate of drug-likeness (QED) is 0.443. The number of aliphatic hydroxyl groups is 1. The molecule has 0 bridgehead atoms. The lowest BCUT2D eigenvalue weighted by atomic mass is 9.62. The molecule has 1 saturated carbocycles. The molecule has 1 unspecified atom stereocenters. The van der Waals surface area contributed by atoms with Gasteiger partial charge in [0.05, 0.1) is 5.92 Å². The number of ketones is 1. The van der Waals surface area contributed by atoms with Crippen molar-refractivity contribution >= 4 is 12.1 Å². The first-order valence-electron chi connectivity index (χ1n) is 5.93. The molecule has 2 rings (SSSR count). The Balaban J connectivity index is 2.54. The number of carbonyl (C=O) groups excluding carboxylic acids is 2. The highest BCUT2D eigenvalue weighted by Gasteiger charge is 2.57. The Morgan fingerprint density at radius 1 is 1.71 bits per heavy atom. The van der Waals surface area contributed by atoms with E-state index >= 15 is 0 Å². The largest absolute Gasteiger partial charge is 0.377 e. The number of fused-ring (bicyclic) bond motifs is 1. The van der Waals surface area contributed by atoms with Gasteiger partial charge in [0.15, 0.2) is 5.78 Å². The third-order valence-corrected chi connectivity index (χ3v) is 4.42. The molecule has 2 aliphatic rings. The maximum atomic E-state index is 11.7. The lowest BCUT2D eigenvalue weighted by Gasteiger charge is -2.42. The van der Waals surface area contributed by atoms with Crippen molar-refractivity contribution in [3.05, 3.63) is 11.6 Å². The first-order chi connectivity index (χ1) is 8.03. The highest BCUT2D eigenvalue weighted by atomic mass is 16.3. The summed E-state index contributed by atoms with van der Waals surface area (Å²) in [6.07, 6.45) is 9.77. The molecule has 0 aromatic heterocycles. The fourth-order valence-corrected chi connectivity index (χ4v) is 3.31. The molecule has 0 aromatic rings. The van der Waals surface area contributed by atoms with Gasteiger partial charge in [-0.05, 0) is 31.8 Å². The molecule has 3 heteroatoms. The molecule has 0 saturated heterocycles. The van der Waals surface area contributed by atoms with Gasteiger partial charge < -0.3 is 9.90 Å². The van der Waals surface area contributed by atoms with Gasteiger partial charge in [0.2, 0.25) is 0 Å². The van der Waals surface area contributed by atoms with Crippen molar-refractivity contribution in [2.45, 2.75) is 38.2 Å². The molecule has 0 aromatic carbocycles. The van der Waals surface area contributed by atoms with Crippen LogP contribution in [0.4, 0.5) is 0 Å². The normalized spacial score (nSPS) is 40.4. The van der Waals surface area contributed by atoms with Gasteiger partial charge in [0.1, 0.15) is 11.9 Å². The Kier molecular flexibility index (Phi) is 2.71. The number of hydrogen-bond donors (Lipinski definition) is 1. The van der Waals surface area contributed by atoms with Crippen LogP contribution in [-0.4, -0.2) is 22.8 Å². The minimum absolute atomic E-state index is 0.152. The number of terminal acetylenes is 1. The van der Waals surface area contributed by atoms with Crippen LogP contribution in [0.2, 0.25) is 0 Å². The van der Waals surface area contributed by atoms with Gasteiger partial charge in [-0.3, -0.25) is 4.79 Å². The Bertz CT molecular complexity index is 443. The zero-order valence-electron chi connectivity index (χ0n) is 9.90. The van der Waals surface area contributed by atoms with Crippen molar-refractivity contribution in [2.75, 3.05) is 0 Å². The summed E-state index contributed by atoms with van der Waals surface area (Å²) in [7, 11) is 0. The molecule has 1 fully saturated rings. The van der Waals surface area contributed by atoms with Crippen LogP contribution in [0.25, 0.3) is 0 Å². The number of hydrogen-bond acceptors (Lipinski definition) is 3. The minimum Gasteiger partial charge on any atom is -0.377 e. The average Bonchev–Trinajstić information content (AvgIpc) is 2.63. The van der Waals surface area contributed by atoms with Gasteiger partial charge in [-0.1, -0.05) is 18.4 Å². The van der Waals surface area contributed by atoms with Crippen LogP contribution in [0.5, 0.6) is 0 Å². The van der Waals surface area contributed by atoms with Gasteiger partial charge in [0.25, 0.3) is 0 Å². The van der Waals surface area contributed by atoms with Crippen molar-refractivity contribution in [2.24, 2.45) is 11.3 Å². The van der Waals surface area contributed by atoms with Crippen LogP contribution in [0.1, 0.15) is 32.6 Å². The molecule has 0 heterocycles. The predicted octanol–water partition coefficient (Wildman–Crippen LogP) is 1.26. The van der Waals surface area contributed by atoms with Gasteiger partial charge >= 0.3 is 0 Å². The summed E-state index contributed by atoms with van der Waals surface area (Å²) < 4.78 is 0. The minimum atomic E-state index is -1.21. The zero-order chi connectivity index (χ0) is 12.7. The smallest absolute Gasteiger partial charge is 0.165 e. The SMILES string of the molecule is C#C[C@]1(O)CCC2=CC(=O)C(C=O)C[C@@]21CC. The zero-order valence-corrected chi connectivity index (χ0v) is 9.90. The highest BCUT2D eigenvalue weighted by molar-refractivity contribution is 6.02. The molecule has 0 amide bonds. The molecule has 3 atom stereocenters. The molecule has 17 heavy (non-hydrogen) atoms. The Labute approximate surface area is 101 Å². The van der Waals surface area contributed by atoms with E-state index in [1.165, 1.54) is 6.08 Å². The van der Waals surface area contributed by atoms with Crippen molar-refractivity contribution < 1.29 is 14.7 Å². The first-order valence-corrected chi connectivity index (χ1v) is 5.93. The molecule has 0 spiro atoms. The fraction of sp³-hybridized carbons (Fsp3) is 0.571. The number of carbonyl (C=O) groups is 2. The van der Waals surface area contributed by atoms with Crippen LogP contribution in [0.15, 0.2) is 11.6 Å². The van der Waals surface area contributed by atoms with E-state index in [1.807, 2.05) is 6.92 Å². The summed E-state index contributed by atoms with van der Waals surface area (Å²) in [5, 5.41) is 10.5. The van der Waals surface area contributed by atoms with Gasteiger partial charge in [0, 0.05) is 5.41 Å². The third-order valence-electron chi connectivity index (χ3n) is 4.42. The monoisotopic (exact) mass is 232 g/mol. The topological polar surface area (TPSA) is 54.4 Å². The van der Waals surface area contributed by atoms with E-state index in [4.69, 9.17) is 6.42 Å². The summed E-state index contributed by atoms with van der Waals surface area (Å²) in [6.45, 7) is 1.94. The van der Waals surface area contributed by atoms with Crippen molar-refractivity contribution in [3.8, 4) is 12.3 Å². The van der Waals surface area contributed by atoms with Crippen molar-refractivity contribution in [1.82, 2.24) is 0 Å². The van der Waals surface area contributed by atoms with E-state index < -0.39 is 16.9 Å². The molecule has 0 aliphatic heterocycles. The van der Waals surface area contributed by atoms with E-state index in [0.29, 0.717) is 32.0 Å². The molecule has 3 nitrogen and oxygen atoms in total. The molecule has 1 N–H and O–H groups in total. The van der Waals surface area contributed by atoms with Crippen molar-refractivity contribution in [3.63, 3.8) is 0 Å². The second-order valence-electron chi connectivity index (χ2n) is 4.96. The Hall–Kier alpha value is -1.40. The van der Waals surface area contributed by atoms with E-state index in [0.717, 1.165) is 5.57 Å². The van der Waals surface area contributed by atoms with Crippen molar-refractivity contribution in [1.29, 1.82) is 0 Å².